The summed E-state index contributed by atoms with van der Waals surface area (Å²) >= 11 is 0. The molecule has 0 radical (unpaired) electrons. The van der Waals surface area contributed by atoms with Crippen LogP contribution in [0, 0.1) is 53.3 Å². The predicted molar refractivity (Wildman–Crippen MR) is 251 cm³/mol. The molecule has 1 saturated heterocycles. The highest BCUT2D eigenvalue weighted by atomic mass is 32.2. The molecule has 0 amide bonds. The van der Waals surface area contributed by atoms with E-state index in [9.17, 15) is 33.4 Å². The van der Waals surface area contributed by atoms with Gasteiger partial charge >= 0.3 is 0 Å². The number of nitrogens with two attached hydrogens (primary N) is 2. The lowest BCUT2D eigenvalue weighted by Crippen LogP contribution is -2.55. The van der Waals surface area contributed by atoms with Gasteiger partial charge in [0.2, 0.25) is 5.72 Å². The van der Waals surface area contributed by atoms with Gasteiger partial charge in [-0.3, -0.25) is 4.55 Å². The van der Waals surface area contributed by atoms with Crippen LogP contribution in [0.25, 0.3) is 0 Å². The number of ether oxygens (including phenoxy) is 2. The molecule has 14 atom stereocenters. The van der Waals surface area contributed by atoms with E-state index in [2.05, 4.69) is 37.0 Å². The highest BCUT2D eigenvalue weighted by Gasteiger charge is 2.58. The molecule has 0 aromatic heterocycles. The fourth-order valence-corrected chi connectivity index (χ4v) is 14.8. The molecule has 3 aromatic rings. The molecule has 66 heavy (non-hydrogen) atoms. The Morgan fingerprint density at radius 3 is 2.55 bits per heavy atom. The number of allylic oxidation sites excluding steroid dienone is 1. The zero-order valence-electron chi connectivity index (χ0n) is 37.5. The number of phenolic OH excluding ortho intramolecular Hbond substituents is 1. The number of aliphatic hydroxyl groups is 3. The van der Waals surface area contributed by atoms with Crippen LogP contribution < -0.4 is 16.2 Å². The van der Waals surface area contributed by atoms with Gasteiger partial charge in [0.05, 0.1) is 17.0 Å². The number of aliphatic imine (C=N–C) groups is 1. The molecule has 4 aliphatic carbocycles. The van der Waals surface area contributed by atoms with Crippen LogP contribution in [0.3, 0.4) is 0 Å². The number of aryl methyl sites for hydroxylation is 1. The second kappa shape index (κ2) is 17.4. The van der Waals surface area contributed by atoms with Crippen molar-refractivity contribution in [1.29, 1.82) is 0 Å². The van der Waals surface area contributed by atoms with E-state index in [0.29, 0.717) is 55.4 Å². The number of aromatic hydroxyl groups is 1. The minimum absolute atomic E-state index is 0.0709. The number of guanidine groups is 1. The van der Waals surface area contributed by atoms with Crippen molar-refractivity contribution < 1.29 is 42.9 Å². The molecular formula is C53H63N3O9S. The van der Waals surface area contributed by atoms with Crippen molar-refractivity contribution in [2.45, 2.75) is 118 Å². The van der Waals surface area contributed by atoms with Gasteiger partial charge in [-0.05, 0) is 140 Å². The van der Waals surface area contributed by atoms with Crippen molar-refractivity contribution in [2.75, 3.05) is 13.2 Å². The first kappa shape index (κ1) is 45.1. The number of benzene rings is 3. The van der Waals surface area contributed by atoms with Crippen LogP contribution in [-0.4, -0.2) is 69.5 Å². The minimum atomic E-state index is -4.67. The topological polar surface area (TPSA) is 218 Å². The third-order valence-electron chi connectivity index (χ3n) is 16.7. The van der Waals surface area contributed by atoms with Crippen LogP contribution in [0.5, 0.6) is 11.5 Å². The van der Waals surface area contributed by atoms with E-state index in [0.717, 1.165) is 53.5 Å². The first-order valence-corrected chi connectivity index (χ1v) is 25.5. The molecule has 9 aliphatic rings. The Morgan fingerprint density at radius 2 is 1.79 bits per heavy atom. The molecule has 350 valence electrons. The molecule has 0 spiro atoms. The molecule has 9 N–H and O–H groups in total. The molecule has 5 heterocycles. The summed E-state index contributed by atoms with van der Waals surface area (Å²) in [6.07, 6.45) is 11.7. The number of hydrogen-bond donors (Lipinski definition) is 7. The Bertz CT molecular complexity index is 2620. The van der Waals surface area contributed by atoms with Crippen LogP contribution >= 0.6 is 0 Å². The van der Waals surface area contributed by atoms with Crippen molar-refractivity contribution in [2.24, 2.45) is 57.9 Å². The summed E-state index contributed by atoms with van der Waals surface area (Å²) in [5.41, 5.74) is 15.9. The summed E-state index contributed by atoms with van der Waals surface area (Å²) < 4.78 is 54.4. The average Bonchev–Trinajstić information content (AvgIpc) is 3.62. The number of aliphatic hydroxyl groups excluding tert-OH is 2. The van der Waals surface area contributed by atoms with Crippen molar-refractivity contribution in [3.8, 4) is 23.3 Å². The second-order valence-corrected chi connectivity index (χ2v) is 22.1. The largest absolute Gasteiger partial charge is 0.508 e. The van der Waals surface area contributed by atoms with E-state index < -0.39 is 56.5 Å². The normalized spacial score (nSPS) is 36.7. The summed E-state index contributed by atoms with van der Waals surface area (Å²) in [5, 5.41) is 43.1. The van der Waals surface area contributed by atoms with Crippen molar-refractivity contribution in [3.63, 3.8) is 0 Å². The Morgan fingerprint density at radius 1 is 0.985 bits per heavy atom. The van der Waals surface area contributed by atoms with Gasteiger partial charge in [0, 0.05) is 60.0 Å². The Labute approximate surface area is 388 Å². The summed E-state index contributed by atoms with van der Waals surface area (Å²) in [6, 6.07) is 18.9. The van der Waals surface area contributed by atoms with Gasteiger partial charge in [0.25, 0.3) is 10.1 Å². The van der Waals surface area contributed by atoms with Gasteiger partial charge in [-0.15, -0.1) is 0 Å². The lowest BCUT2D eigenvalue weighted by Gasteiger charge is -2.49. The van der Waals surface area contributed by atoms with Crippen LogP contribution in [0.4, 0.5) is 0 Å². The number of phenols is 1. The first-order valence-electron chi connectivity index (χ1n) is 24.0. The minimum Gasteiger partial charge on any atom is -0.508 e. The highest BCUT2D eigenvalue weighted by molar-refractivity contribution is 7.86. The lowest BCUT2D eigenvalue weighted by atomic mass is 9.63. The number of nitrogens with zero attached hydrogens (tertiary/aromatic N) is 1. The Balaban J connectivity index is 1.20. The van der Waals surface area contributed by atoms with Crippen LogP contribution in [-0.2, 0) is 27.0 Å². The molecule has 12 nitrogen and oxygen atoms in total. The van der Waals surface area contributed by atoms with E-state index in [4.69, 9.17) is 25.9 Å². The SMILES string of the molecule is C[C@@H]1CCc2cc3ccc2[C@H]1C[C@@H](S(=O)(=O)O)[C@H]1C=C2C[C@H](C[C@H]4C[C@@H](CO)CC#Cc5cc(O)ccc5[C@@H]2O4)[C@@H]1c1ccc(cc1)[C@](N=C(N)N)([C@H]1C=C[C@@H]2CCC[C@]2(O)[C@@H]1CCO)O3. The molecule has 1 saturated carbocycles. The van der Waals surface area contributed by atoms with Gasteiger partial charge in [0.1, 0.15) is 17.6 Å². The maximum Gasteiger partial charge on any atom is 0.268 e. The van der Waals surface area contributed by atoms with Crippen LogP contribution in [0.15, 0.2) is 89.5 Å². The lowest BCUT2D eigenvalue weighted by molar-refractivity contribution is -0.111. The van der Waals surface area contributed by atoms with Crippen LogP contribution in [0.1, 0.15) is 122 Å². The summed E-state index contributed by atoms with van der Waals surface area (Å²) in [6.45, 7) is 1.93. The van der Waals surface area contributed by atoms with Gasteiger partial charge in [-0.1, -0.05) is 73.4 Å². The number of hydrogen-bond acceptors (Lipinski definition) is 9. The van der Waals surface area contributed by atoms with Gasteiger partial charge in [-0.2, -0.15) is 8.42 Å². The second-order valence-electron chi connectivity index (χ2n) is 20.5. The average molecular weight is 918 g/mol. The third kappa shape index (κ3) is 7.95. The quantitative estimate of drug-likeness (QED) is 0.0445. The van der Waals surface area contributed by atoms with Crippen molar-refractivity contribution in [3.05, 3.63) is 118 Å². The molecule has 10 bridgehead atoms. The molecule has 2 fully saturated rings. The summed E-state index contributed by atoms with van der Waals surface area (Å²) in [7, 11) is -4.67. The van der Waals surface area contributed by atoms with Crippen LogP contribution in [0.2, 0.25) is 0 Å². The smallest absolute Gasteiger partial charge is 0.268 e. The Kier molecular flexibility index (Phi) is 11.9. The highest BCUT2D eigenvalue weighted by Crippen LogP contribution is 2.58. The first-order chi connectivity index (χ1) is 31.7. The summed E-state index contributed by atoms with van der Waals surface area (Å²) in [4.78, 5) is 5.02. The van der Waals surface area contributed by atoms with Gasteiger partial charge in [-0.25, -0.2) is 4.99 Å². The zero-order chi connectivity index (χ0) is 46.1. The number of rotatable bonds is 6. The zero-order valence-corrected chi connectivity index (χ0v) is 38.3. The van der Waals surface area contributed by atoms with E-state index in [1.165, 1.54) is 0 Å². The van der Waals surface area contributed by atoms with E-state index in [-0.39, 0.29) is 67.0 Å². The molecule has 3 aromatic carbocycles. The predicted octanol–water partition coefficient (Wildman–Crippen LogP) is 6.87. The summed E-state index contributed by atoms with van der Waals surface area (Å²) in [5.74, 6) is 4.22. The fourth-order valence-electron chi connectivity index (χ4n) is 13.7. The maximum atomic E-state index is 14.2. The molecule has 5 aliphatic heterocycles. The van der Waals surface area contributed by atoms with E-state index >= 15 is 0 Å². The van der Waals surface area contributed by atoms with E-state index in [1.807, 2.05) is 48.5 Å². The molecule has 12 rings (SSSR count). The van der Waals surface area contributed by atoms with Gasteiger partial charge in [0.15, 0.2) is 5.96 Å². The fraction of sp³-hybridized carbons (Fsp3) is 0.528. The Hall–Kier alpha value is -4.68. The maximum absolute atomic E-state index is 14.2. The number of fused-ring (bicyclic) bond motifs is 10. The molecule has 13 heteroatoms. The third-order valence-corrected chi connectivity index (χ3v) is 18.0. The van der Waals surface area contributed by atoms with Crippen molar-refractivity contribution >= 4 is 16.1 Å². The van der Waals surface area contributed by atoms with Crippen molar-refractivity contribution in [1.82, 2.24) is 0 Å². The van der Waals surface area contributed by atoms with E-state index in [1.54, 1.807) is 12.1 Å². The molecule has 0 unspecified atom stereocenters. The standard InChI is InChI=1S/C53H63N3O9S/c1-30-7-8-34-25-40-15-17-42(34)44(30)28-48(66(61,62)63)45-27-36-23-35(26-41-22-31(29-58)4-2-5-33-24-39(59)14-16-43(33)50(36)64-41)49(45)32-9-11-38(12-10-32)53(65-40,56-51(54)55)47-18-13-37-6-3-20-52(37,60)46(47)19-21-57/h9-18,24-25,27,30-31,35,37,41,44-50,57-60H,3-4,6-8,19-23,26,28-29H2,1H3,(H4,54,55,56)(H,61,62,63)/t30-,31+,35-,37+,41-,44+,45-,46-,47+,48-,49+,50-,52-,53-/m1/s1. The monoisotopic (exact) mass is 917 g/mol. The molecular weight excluding hydrogens is 855 g/mol. The van der Waals surface area contributed by atoms with Gasteiger partial charge < -0.3 is 41.4 Å².